The van der Waals surface area contributed by atoms with Crippen molar-refractivity contribution in [3.8, 4) is 0 Å². The summed E-state index contributed by atoms with van der Waals surface area (Å²) < 4.78 is 1.17. The highest BCUT2D eigenvalue weighted by Gasteiger charge is 2.27. The summed E-state index contributed by atoms with van der Waals surface area (Å²) >= 11 is 1.68. The number of dihydropyridines is 1. The molecule has 0 bridgehead atoms. The fourth-order valence-electron chi connectivity index (χ4n) is 7.87. The molecule has 4 unspecified atom stereocenters. The van der Waals surface area contributed by atoms with Crippen molar-refractivity contribution in [1.82, 2.24) is 15.0 Å². The van der Waals surface area contributed by atoms with Gasteiger partial charge in [0.1, 0.15) is 11.6 Å². The largest absolute Gasteiger partial charge is 0.393 e. The van der Waals surface area contributed by atoms with Crippen molar-refractivity contribution in [2.45, 2.75) is 110 Å². The summed E-state index contributed by atoms with van der Waals surface area (Å²) in [6.45, 7) is 5.63. The van der Waals surface area contributed by atoms with Crippen molar-refractivity contribution in [3.63, 3.8) is 0 Å². The van der Waals surface area contributed by atoms with Gasteiger partial charge in [0.15, 0.2) is 5.13 Å². The zero-order valence-corrected chi connectivity index (χ0v) is 27.6. The molecular formula is C37H51N5OS. The molecule has 6 nitrogen and oxygen atoms in total. The van der Waals surface area contributed by atoms with E-state index < -0.39 is 0 Å². The molecule has 44 heavy (non-hydrogen) atoms. The van der Waals surface area contributed by atoms with Crippen LogP contribution in [0.25, 0.3) is 15.8 Å². The monoisotopic (exact) mass is 613 g/mol. The van der Waals surface area contributed by atoms with Gasteiger partial charge in [-0.05, 0) is 91.0 Å². The molecule has 3 aromatic rings. The highest BCUT2D eigenvalue weighted by Crippen LogP contribution is 2.35. The quantitative estimate of drug-likeness (QED) is 0.251. The van der Waals surface area contributed by atoms with Crippen LogP contribution in [-0.4, -0.2) is 38.9 Å². The van der Waals surface area contributed by atoms with Gasteiger partial charge in [-0.25, -0.2) is 15.0 Å². The Hall–Kier alpha value is -2.64. The second-order valence-electron chi connectivity index (χ2n) is 13.9. The third kappa shape index (κ3) is 8.33. The normalized spacial score (nSPS) is 27.2. The Balaban J connectivity index is 1.10. The molecule has 0 saturated heterocycles. The van der Waals surface area contributed by atoms with Crippen molar-refractivity contribution in [1.29, 1.82) is 0 Å². The minimum atomic E-state index is -0.115. The SMILES string of the molecule is CCC(Cc1nccc(Nc2nc3ccc(C4=CC(CC5CCCCC(C)CCC5)CN=C4)cc3s2)n1)C1CCC(O)CC1. The molecule has 0 radical (unpaired) electrons. The first kappa shape index (κ1) is 31.3. The summed E-state index contributed by atoms with van der Waals surface area (Å²) in [6.07, 6.45) is 23.4. The Labute approximate surface area is 267 Å². The molecule has 2 aromatic heterocycles. The lowest BCUT2D eigenvalue weighted by Gasteiger charge is -2.31. The minimum absolute atomic E-state index is 0.115. The fourth-order valence-corrected chi connectivity index (χ4v) is 8.78. The van der Waals surface area contributed by atoms with Crippen LogP contribution in [0.3, 0.4) is 0 Å². The molecular weight excluding hydrogens is 563 g/mol. The average Bonchev–Trinajstić information content (AvgIpc) is 3.47. The molecule has 1 aliphatic heterocycles. The summed E-state index contributed by atoms with van der Waals surface area (Å²) in [5.74, 6) is 5.17. The number of hydrogen-bond donors (Lipinski definition) is 2. The van der Waals surface area contributed by atoms with Crippen LogP contribution < -0.4 is 5.32 Å². The highest BCUT2D eigenvalue weighted by molar-refractivity contribution is 7.22. The summed E-state index contributed by atoms with van der Waals surface area (Å²) in [6, 6.07) is 8.55. The third-order valence-electron chi connectivity index (χ3n) is 10.5. The molecule has 3 aliphatic rings. The fraction of sp³-hybridized carbons (Fsp3) is 0.622. The maximum atomic E-state index is 9.93. The lowest BCUT2D eigenvalue weighted by atomic mass is 9.76. The number of anilines is 2. The number of aliphatic imine (C=N–C) groups is 1. The molecule has 6 rings (SSSR count). The van der Waals surface area contributed by atoms with Gasteiger partial charge in [-0.15, -0.1) is 0 Å². The summed E-state index contributed by atoms with van der Waals surface area (Å²) in [7, 11) is 0. The first-order chi connectivity index (χ1) is 21.5. The second-order valence-corrected chi connectivity index (χ2v) is 15.0. The van der Waals surface area contributed by atoms with E-state index in [1.807, 2.05) is 12.3 Å². The van der Waals surface area contributed by atoms with Crippen LogP contribution in [0.1, 0.15) is 109 Å². The number of aliphatic hydroxyl groups excluding tert-OH is 1. The van der Waals surface area contributed by atoms with E-state index in [4.69, 9.17) is 15.0 Å². The summed E-state index contributed by atoms with van der Waals surface area (Å²) in [4.78, 5) is 19.2. The molecule has 2 N–H and O–H groups in total. The van der Waals surface area contributed by atoms with Crippen LogP contribution in [0.5, 0.6) is 0 Å². The van der Waals surface area contributed by atoms with Crippen LogP contribution in [0.15, 0.2) is 41.5 Å². The van der Waals surface area contributed by atoms with Gasteiger partial charge in [-0.2, -0.15) is 0 Å². The van der Waals surface area contributed by atoms with Gasteiger partial charge < -0.3 is 10.4 Å². The number of fused-ring (bicyclic) bond motifs is 1. The topological polar surface area (TPSA) is 83.3 Å². The predicted molar refractivity (Wildman–Crippen MR) is 185 cm³/mol. The van der Waals surface area contributed by atoms with Crippen LogP contribution in [0, 0.1) is 29.6 Å². The molecule has 2 saturated carbocycles. The van der Waals surface area contributed by atoms with Crippen molar-refractivity contribution < 1.29 is 5.11 Å². The van der Waals surface area contributed by atoms with E-state index in [1.165, 1.54) is 67.2 Å². The van der Waals surface area contributed by atoms with Crippen molar-refractivity contribution in [2.24, 2.45) is 34.6 Å². The Morgan fingerprint density at radius 2 is 1.80 bits per heavy atom. The molecule has 7 heteroatoms. The van der Waals surface area contributed by atoms with Crippen molar-refractivity contribution >= 4 is 44.3 Å². The van der Waals surface area contributed by atoms with Gasteiger partial charge in [-0.1, -0.05) is 88.7 Å². The molecule has 0 amide bonds. The number of hydrogen-bond acceptors (Lipinski definition) is 7. The van der Waals surface area contributed by atoms with Crippen LogP contribution >= 0.6 is 11.3 Å². The number of rotatable bonds is 9. The van der Waals surface area contributed by atoms with Gasteiger partial charge in [0, 0.05) is 25.4 Å². The van der Waals surface area contributed by atoms with Crippen LogP contribution in [-0.2, 0) is 6.42 Å². The number of aromatic nitrogens is 3. The second kappa shape index (κ2) is 15.1. The zero-order chi connectivity index (χ0) is 30.3. The summed E-state index contributed by atoms with van der Waals surface area (Å²) in [5.41, 5.74) is 3.49. The Morgan fingerprint density at radius 3 is 2.66 bits per heavy atom. The maximum absolute atomic E-state index is 9.93. The smallest absolute Gasteiger partial charge is 0.189 e. The summed E-state index contributed by atoms with van der Waals surface area (Å²) in [5, 5.41) is 14.2. The molecule has 3 heterocycles. The van der Waals surface area contributed by atoms with Gasteiger partial charge in [0.2, 0.25) is 0 Å². The van der Waals surface area contributed by atoms with E-state index >= 15 is 0 Å². The average molecular weight is 614 g/mol. The standard InChI is InChI=1S/C37H51N5OS/c1-3-28(29-11-14-32(43)15-12-29)22-36-39-18-17-35(41-36)42-37-40-33-16-13-30(21-34(33)44-37)31-20-27(23-38-24-31)19-26-9-5-4-7-25(2)8-6-10-26/h13,16-18,20-21,24-29,32,43H,3-12,14-15,19,22-23H2,1-2H3,(H,39,40,41,42). The van der Waals surface area contributed by atoms with E-state index in [1.54, 1.807) is 11.3 Å². The van der Waals surface area contributed by atoms with E-state index in [9.17, 15) is 5.11 Å². The number of nitrogens with one attached hydrogen (secondary N) is 1. The van der Waals surface area contributed by atoms with E-state index in [2.05, 4.69) is 54.6 Å². The molecule has 1 aromatic carbocycles. The predicted octanol–water partition coefficient (Wildman–Crippen LogP) is 9.42. The Morgan fingerprint density at radius 1 is 0.977 bits per heavy atom. The number of benzene rings is 1. The molecule has 2 aliphatic carbocycles. The first-order valence-electron chi connectivity index (χ1n) is 17.4. The van der Waals surface area contributed by atoms with Gasteiger partial charge in [-0.3, -0.25) is 4.99 Å². The lowest BCUT2D eigenvalue weighted by Crippen LogP contribution is -2.25. The molecule has 236 valence electrons. The van der Waals surface area contributed by atoms with E-state index in [-0.39, 0.29) is 6.10 Å². The molecule has 4 atom stereocenters. The number of thiazole rings is 1. The van der Waals surface area contributed by atoms with Crippen LogP contribution in [0.2, 0.25) is 0 Å². The van der Waals surface area contributed by atoms with Crippen molar-refractivity contribution in [2.75, 3.05) is 11.9 Å². The third-order valence-corrected chi connectivity index (χ3v) is 11.5. The Kier molecular flexibility index (Phi) is 10.8. The minimum Gasteiger partial charge on any atom is -0.393 e. The highest BCUT2D eigenvalue weighted by atomic mass is 32.1. The first-order valence-corrected chi connectivity index (χ1v) is 18.2. The molecule has 0 spiro atoms. The van der Waals surface area contributed by atoms with E-state index in [0.29, 0.717) is 17.8 Å². The lowest BCUT2D eigenvalue weighted by molar-refractivity contribution is 0.0894. The van der Waals surface area contributed by atoms with Gasteiger partial charge in [0.25, 0.3) is 0 Å². The van der Waals surface area contributed by atoms with Crippen LogP contribution in [0.4, 0.5) is 10.9 Å². The number of aliphatic hydroxyl groups is 1. The zero-order valence-electron chi connectivity index (χ0n) is 26.8. The van der Waals surface area contributed by atoms with Gasteiger partial charge >= 0.3 is 0 Å². The van der Waals surface area contributed by atoms with E-state index in [0.717, 1.165) is 79.2 Å². The van der Waals surface area contributed by atoms with Gasteiger partial charge in [0.05, 0.1) is 16.3 Å². The maximum Gasteiger partial charge on any atom is 0.189 e. The Bertz CT molecular complexity index is 1420. The van der Waals surface area contributed by atoms with Crippen molar-refractivity contribution in [3.05, 3.63) is 47.9 Å². The number of allylic oxidation sites excluding steroid dienone is 1. The number of nitrogens with zero attached hydrogens (tertiary/aromatic N) is 4. The molecule has 2 fully saturated rings.